The van der Waals surface area contributed by atoms with Crippen LogP contribution in [0.25, 0.3) is 16.7 Å². The first-order valence-corrected chi connectivity index (χ1v) is 7.62. The molecule has 0 saturated carbocycles. The van der Waals surface area contributed by atoms with Crippen LogP contribution in [-0.4, -0.2) is 26.1 Å². The first kappa shape index (κ1) is 15.1. The van der Waals surface area contributed by atoms with Gasteiger partial charge in [-0.15, -0.1) is 0 Å². The monoisotopic (exact) mass is 313 g/mol. The van der Waals surface area contributed by atoms with Crippen LogP contribution in [0.5, 0.6) is 0 Å². The number of imidazole rings is 1. The predicted octanol–water partition coefficient (Wildman–Crippen LogP) is 1.72. The van der Waals surface area contributed by atoms with Crippen molar-refractivity contribution in [1.82, 2.24) is 19.1 Å². The maximum Gasteiger partial charge on any atom is 0.316 e. The van der Waals surface area contributed by atoms with E-state index in [1.54, 1.807) is 17.1 Å². The Hall–Kier alpha value is -2.83. The second-order valence-corrected chi connectivity index (χ2v) is 5.37. The van der Waals surface area contributed by atoms with Crippen molar-refractivity contribution >= 4 is 16.7 Å². The van der Waals surface area contributed by atoms with Gasteiger partial charge >= 0.3 is 11.1 Å². The number of benzene rings is 1. The molecule has 2 N–H and O–H groups in total. The molecule has 7 heteroatoms. The number of hydrogen-bond acceptors (Lipinski definition) is 4. The maximum absolute atomic E-state index is 12.2. The molecule has 0 fully saturated rings. The fourth-order valence-corrected chi connectivity index (χ4v) is 2.66. The zero-order valence-corrected chi connectivity index (χ0v) is 13.2. The van der Waals surface area contributed by atoms with Crippen molar-refractivity contribution in [2.45, 2.75) is 26.3 Å². The molecule has 2 heterocycles. The maximum atomic E-state index is 12.2. The van der Waals surface area contributed by atoms with Crippen LogP contribution in [0.3, 0.4) is 0 Å². The molecule has 1 aromatic carbocycles. The first-order chi connectivity index (χ1) is 11.2. The van der Waals surface area contributed by atoms with Crippen LogP contribution in [0.1, 0.15) is 19.8 Å². The van der Waals surface area contributed by atoms with Gasteiger partial charge in [-0.3, -0.25) is 9.59 Å². The molecule has 0 aliphatic heterocycles. The molecule has 2 aromatic heterocycles. The van der Waals surface area contributed by atoms with E-state index in [-0.39, 0.29) is 0 Å². The van der Waals surface area contributed by atoms with Gasteiger partial charge in [-0.1, -0.05) is 13.3 Å². The van der Waals surface area contributed by atoms with Gasteiger partial charge in [0, 0.05) is 26.0 Å². The summed E-state index contributed by atoms with van der Waals surface area (Å²) >= 11 is 0. The van der Waals surface area contributed by atoms with Gasteiger partial charge in [0.1, 0.15) is 0 Å². The molecule has 120 valence electrons. The third-order valence-corrected chi connectivity index (χ3v) is 3.88. The van der Waals surface area contributed by atoms with Gasteiger partial charge in [-0.2, -0.15) is 0 Å². The molecule has 0 aliphatic carbocycles. The molecule has 0 aliphatic rings. The van der Waals surface area contributed by atoms with E-state index in [9.17, 15) is 9.59 Å². The van der Waals surface area contributed by atoms with Crippen LogP contribution in [0.2, 0.25) is 0 Å². The summed E-state index contributed by atoms with van der Waals surface area (Å²) in [4.78, 5) is 30.9. The molecule has 0 radical (unpaired) electrons. The number of H-pyrrole nitrogens is 1. The summed E-state index contributed by atoms with van der Waals surface area (Å²) in [5.41, 5.74) is 1.96. The summed E-state index contributed by atoms with van der Waals surface area (Å²) < 4.78 is 3.42. The van der Waals surface area contributed by atoms with E-state index in [1.807, 2.05) is 29.9 Å². The number of aromatic amines is 1. The number of anilines is 1. The topological polar surface area (TPSA) is 84.7 Å². The predicted molar refractivity (Wildman–Crippen MR) is 90.4 cm³/mol. The van der Waals surface area contributed by atoms with Gasteiger partial charge in [0.2, 0.25) is 0 Å². The lowest BCUT2D eigenvalue weighted by molar-refractivity contribution is 0.625. The minimum absolute atomic E-state index is 0.514. The van der Waals surface area contributed by atoms with E-state index in [2.05, 4.69) is 22.2 Å². The van der Waals surface area contributed by atoms with Gasteiger partial charge in [0.05, 0.1) is 28.7 Å². The summed E-state index contributed by atoms with van der Waals surface area (Å²) in [5.74, 6) is 0. The lowest BCUT2D eigenvalue weighted by Gasteiger charge is -2.15. The molecular formula is C16H19N5O2. The molecule has 0 unspecified atom stereocenters. The Balaban J connectivity index is 2.33. The van der Waals surface area contributed by atoms with E-state index in [4.69, 9.17) is 0 Å². The lowest BCUT2D eigenvalue weighted by Crippen LogP contribution is -2.36. The highest BCUT2D eigenvalue weighted by Gasteiger charge is 2.12. The smallest absolute Gasteiger partial charge is 0.316 e. The van der Waals surface area contributed by atoms with Gasteiger partial charge in [0.25, 0.3) is 0 Å². The van der Waals surface area contributed by atoms with E-state index >= 15 is 0 Å². The Kier molecular flexibility index (Phi) is 4.01. The third-order valence-electron chi connectivity index (χ3n) is 3.88. The average molecular weight is 313 g/mol. The first-order valence-electron chi connectivity index (χ1n) is 7.62. The zero-order valence-electron chi connectivity index (χ0n) is 13.2. The van der Waals surface area contributed by atoms with Crippen molar-refractivity contribution in [3.63, 3.8) is 0 Å². The molecule has 3 rings (SSSR count). The molecule has 7 nitrogen and oxygen atoms in total. The fraction of sp³-hybridized carbons (Fsp3) is 0.312. The van der Waals surface area contributed by atoms with Gasteiger partial charge in [-0.05, 0) is 18.6 Å². The number of nitrogens with one attached hydrogen (secondary N) is 2. The summed E-state index contributed by atoms with van der Waals surface area (Å²) in [6.07, 6.45) is 7.02. The molecule has 3 aromatic rings. The van der Waals surface area contributed by atoms with E-state index in [0.717, 1.165) is 24.2 Å². The van der Waals surface area contributed by atoms with Crippen molar-refractivity contribution in [3.8, 4) is 5.69 Å². The molecule has 0 amide bonds. The third kappa shape index (κ3) is 2.65. The number of nitrogens with zero attached hydrogens (tertiary/aromatic N) is 3. The number of aryl methyl sites for hydroxylation is 1. The SMILES string of the molecule is CCCCn1c(=O)c(=O)[nH]c2cc(NC)c(-n3ccnc3)cc21. The number of hydrogen-bond donors (Lipinski definition) is 2. The van der Waals surface area contributed by atoms with Crippen LogP contribution >= 0.6 is 0 Å². The Bertz CT molecular complexity index is 937. The number of unbranched alkanes of at least 4 members (excludes halogenated alkanes) is 1. The van der Waals surface area contributed by atoms with Crippen molar-refractivity contribution in [3.05, 3.63) is 51.6 Å². The highest BCUT2D eigenvalue weighted by molar-refractivity contribution is 5.84. The average Bonchev–Trinajstić information content (AvgIpc) is 3.08. The zero-order chi connectivity index (χ0) is 16.4. The number of aromatic nitrogens is 4. The largest absolute Gasteiger partial charge is 0.386 e. The van der Waals surface area contributed by atoms with Crippen LogP contribution in [0.4, 0.5) is 5.69 Å². The van der Waals surface area contributed by atoms with Crippen molar-refractivity contribution in [2.24, 2.45) is 0 Å². The highest BCUT2D eigenvalue weighted by atomic mass is 16.2. The quantitative estimate of drug-likeness (QED) is 0.702. The van der Waals surface area contributed by atoms with Gasteiger partial charge in [0.15, 0.2) is 0 Å². The Morgan fingerprint density at radius 3 is 2.78 bits per heavy atom. The van der Waals surface area contributed by atoms with E-state index in [0.29, 0.717) is 17.6 Å². The molecular weight excluding hydrogens is 294 g/mol. The number of rotatable bonds is 5. The number of fused-ring (bicyclic) bond motifs is 1. The minimum atomic E-state index is -0.592. The molecule has 0 atom stereocenters. The Morgan fingerprint density at radius 2 is 2.13 bits per heavy atom. The Labute approximate surface area is 132 Å². The van der Waals surface area contributed by atoms with Gasteiger partial charge in [-0.25, -0.2) is 4.98 Å². The summed E-state index contributed by atoms with van der Waals surface area (Å²) in [7, 11) is 1.81. The normalized spacial score (nSPS) is 11.0. The van der Waals surface area contributed by atoms with Crippen molar-refractivity contribution in [2.75, 3.05) is 12.4 Å². The summed E-state index contributed by atoms with van der Waals surface area (Å²) in [6, 6.07) is 3.74. The van der Waals surface area contributed by atoms with Crippen LogP contribution in [-0.2, 0) is 6.54 Å². The van der Waals surface area contributed by atoms with Crippen LogP contribution in [0, 0.1) is 0 Å². The second kappa shape index (κ2) is 6.12. The van der Waals surface area contributed by atoms with Crippen molar-refractivity contribution in [1.29, 1.82) is 0 Å². The van der Waals surface area contributed by atoms with Crippen LogP contribution in [0.15, 0.2) is 40.4 Å². The van der Waals surface area contributed by atoms with E-state index in [1.165, 1.54) is 0 Å². The fourth-order valence-electron chi connectivity index (χ4n) is 2.66. The Morgan fingerprint density at radius 1 is 1.30 bits per heavy atom. The summed E-state index contributed by atoms with van der Waals surface area (Å²) in [5, 5.41) is 3.11. The minimum Gasteiger partial charge on any atom is -0.386 e. The molecule has 0 spiro atoms. The van der Waals surface area contributed by atoms with Crippen molar-refractivity contribution < 1.29 is 0 Å². The van der Waals surface area contributed by atoms with E-state index < -0.39 is 11.1 Å². The van der Waals surface area contributed by atoms with Gasteiger partial charge < -0.3 is 19.4 Å². The molecule has 23 heavy (non-hydrogen) atoms. The standard InChI is InChI=1S/C16H19N5O2/c1-3-4-6-21-14-9-13(20-7-5-18-10-20)11(17-2)8-12(14)19-15(22)16(21)23/h5,7-10,17H,3-4,6H2,1-2H3,(H,19,22). The molecule has 0 bridgehead atoms. The summed E-state index contributed by atoms with van der Waals surface area (Å²) in [6.45, 7) is 2.58. The molecule has 0 saturated heterocycles. The lowest BCUT2D eigenvalue weighted by atomic mass is 10.2. The van der Waals surface area contributed by atoms with Crippen LogP contribution < -0.4 is 16.4 Å². The highest BCUT2D eigenvalue weighted by Crippen LogP contribution is 2.25. The second-order valence-electron chi connectivity index (χ2n) is 5.37.